The molecule has 6 nitrogen and oxygen atoms in total. The van der Waals surface area contributed by atoms with E-state index in [1.807, 2.05) is 6.92 Å². The van der Waals surface area contributed by atoms with E-state index in [4.69, 9.17) is 0 Å². The maximum absolute atomic E-state index is 12.3. The van der Waals surface area contributed by atoms with E-state index in [1.165, 1.54) is 24.3 Å². The van der Waals surface area contributed by atoms with Crippen molar-refractivity contribution in [3.63, 3.8) is 0 Å². The minimum atomic E-state index is -3.84. The highest BCUT2D eigenvalue weighted by molar-refractivity contribution is 9.42. The minimum Gasteiger partial charge on any atom is -0.480 e. The number of alkyl halides is 3. The molecular formula is C14H16Br3NO5S. The molecule has 0 fully saturated rings. The summed E-state index contributed by atoms with van der Waals surface area (Å²) in [4.78, 5) is 23.5. The lowest BCUT2D eigenvalue weighted by Crippen LogP contribution is -2.45. The van der Waals surface area contributed by atoms with Crippen molar-refractivity contribution in [2.75, 3.05) is 0 Å². The average molecular weight is 550 g/mol. The van der Waals surface area contributed by atoms with Gasteiger partial charge in [-0.15, -0.1) is 0 Å². The average Bonchev–Trinajstić information content (AvgIpc) is 2.50. The molecule has 0 spiro atoms. The van der Waals surface area contributed by atoms with Crippen LogP contribution in [0, 0.1) is 5.92 Å². The van der Waals surface area contributed by atoms with Crippen molar-refractivity contribution in [1.29, 1.82) is 0 Å². The van der Waals surface area contributed by atoms with Gasteiger partial charge in [-0.1, -0.05) is 26.3 Å². The van der Waals surface area contributed by atoms with E-state index in [0.29, 0.717) is 6.42 Å². The van der Waals surface area contributed by atoms with Crippen LogP contribution in [0.2, 0.25) is 0 Å². The van der Waals surface area contributed by atoms with Gasteiger partial charge in [0.2, 0.25) is 11.3 Å². The Morgan fingerprint density at radius 2 is 1.88 bits per heavy atom. The van der Waals surface area contributed by atoms with Gasteiger partial charge in [0, 0.05) is 5.56 Å². The number of rotatable bonds is 6. The van der Waals surface area contributed by atoms with Crippen LogP contribution in [0.3, 0.4) is 0 Å². The van der Waals surface area contributed by atoms with Crippen LogP contribution in [0.1, 0.15) is 30.6 Å². The standard InChI is InChI=1S/C14H16Br3NO5S/c1-3-8(2)11(13(20)21)18-12(19)9-5-4-6-10(7-9)24(22,23)14(15,16)17/h4-8,11H,3H2,1-2H3,(H,18,19)(H,20,21). The fourth-order valence-corrected chi connectivity index (χ4v) is 4.34. The Balaban J connectivity index is 3.14. The molecule has 1 rings (SSSR count). The van der Waals surface area contributed by atoms with Gasteiger partial charge in [0.05, 0.1) is 4.90 Å². The van der Waals surface area contributed by atoms with E-state index in [9.17, 15) is 23.1 Å². The number of aliphatic carboxylic acids is 1. The number of nitrogens with one attached hydrogen (secondary N) is 1. The number of hydrogen-bond donors (Lipinski definition) is 2. The molecule has 1 aromatic carbocycles. The van der Waals surface area contributed by atoms with E-state index >= 15 is 0 Å². The third-order valence-corrected chi connectivity index (χ3v) is 8.80. The second-order valence-electron chi connectivity index (χ2n) is 5.15. The molecule has 0 radical (unpaired) electrons. The van der Waals surface area contributed by atoms with Gasteiger partial charge >= 0.3 is 5.97 Å². The summed E-state index contributed by atoms with van der Waals surface area (Å²) in [6, 6.07) is 4.32. The molecule has 0 heterocycles. The Morgan fingerprint density at radius 1 is 1.29 bits per heavy atom. The molecule has 0 aromatic heterocycles. The molecule has 2 atom stereocenters. The van der Waals surface area contributed by atoms with Gasteiger partial charge in [-0.25, -0.2) is 13.2 Å². The Bertz CT molecular complexity index is 730. The van der Waals surface area contributed by atoms with Gasteiger partial charge in [0.1, 0.15) is 6.04 Å². The third-order valence-electron chi connectivity index (χ3n) is 3.48. The summed E-state index contributed by atoms with van der Waals surface area (Å²) < 4.78 is 23.1. The summed E-state index contributed by atoms with van der Waals surface area (Å²) in [5.74, 6) is -2.05. The normalized spacial score (nSPS) is 14.7. The van der Waals surface area contributed by atoms with Crippen molar-refractivity contribution in [1.82, 2.24) is 5.32 Å². The van der Waals surface area contributed by atoms with Crippen LogP contribution in [0.15, 0.2) is 29.2 Å². The van der Waals surface area contributed by atoms with Crippen molar-refractivity contribution < 1.29 is 23.1 Å². The Morgan fingerprint density at radius 3 is 2.33 bits per heavy atom. The molecular weight excluding hydrogens is 534 g/mol. The fraction of sp³-hybridized carbons (Fsp3) is 0.429. The third kappa shape index (κ3) is 5.03. The predicted octanol–water partition coefficient (Wildman–Crippen LogP) is 3.49. The first-order chi connectivity index (χ1) is 10.9. The number of sulfone groups is 1. The van der Waals surface area contributed by atoms with Gasteiger partial charge in [-0.05, 0) is 71.9 Å². The number of benzene rings is 1. The molecule has 0 aliphatic rings. The number of halogens is 3. The van der Waals surface area contributed by atoms with Crippen LogP contribution in [0.5, 0.6) is 0 Å². The first-order valence-corrected chi connectivity index (χ1v) is 10.7. The van der Waals surface area contributed by atoms with Crippen molar-refractivity contribution in [3.8, 4) is 0 Å². The molecule has 0 bridgehead atoms. The predicted molar refractivity (Wildman–Crippen MR) is 101 cm³/mol. The number of carboxylic acid groups (broad SMARTS) is 1. The minimum absolute atomic E-state index is 0.0578. The van der Waals surface area contributed by atoms with E-state index in [0.717, 1.165) is 0 Å². The number of amides is 1. The van der Waals surface area contributed by atoms with E-state index in [1.54, 1.807) is 6.92 Å². The molecule has 1 amide bonds. The second-order valence-corrected chi connectivity index (χ2v) is 15.6. The highest BCUT2D eigenvalue weighted by atomic mass is 80.0. The van der Waals surface area contributed by atoms with Crippen LogP contribution in [-0.2, 0) is 14.6 Å². The smallest absolute Gasteiger partial charge is 0.326 e. The zero-order chi connectivity index (χ0) is 18.7. The van der Waals surface area contributed by atoms with Crippen molar-refractivity contribution in [2.24, 2.45) is 5.92 Å². The fourth-order valence-electron chi connectivity index (χ4n) is 1.85. The highest BCUT2D eigenvalue weighted by Gasteiger charge is 2.37. The largest absolute Gasteiger partial charge is 0.480 e. The summed E-state index contributed by atoms with van der Waals surface area (Å²) in [7, 11) is -3.84. The van der Waals surface area contributed by atoms with Crippen LogP contribution < -0.4 is 5.32 Å². The first kappa shape index (κ1) is 21.6. The van der Waals surface area contributed by atoms with Crippen LogP contribution >= 0.6 is 47.8 Å². The lowest BCUT2D eigenvalue weighted by molar-refractivity contribution is -0.140. The zero-order valence-corrected chi connectivity index (χ0v) is 18.4. The quantitative estimate of drug-likeness (QED) is 0.529. The molecule has 2 unspecified atom stereocenters. The molecule has 0 saturated heterocycles. The van der Waals surface area contributed by atoms with Crippen LogP contribution in [0.4, 0.5) is 0 Å². The first-order valence-electron chi connectivity index (χ1n) is 6.87. The van der Waals surface area contributed by atoms with E-state index in [2.05, 4.69) is 53.1 Å². The van der Waals surface area contributed by atoms with Gasteiger partial charge in [-0.3, -0.25) is 4.79 Å². The Labute approximate surface area is 165 Å². The van der Waals surface area contributed by atoms with Gasteiger partial charge in [0.15, 0.2) is 0 Å². The van der Waals surface area contributed by atoms with E-state index < -0.39 is 29.2 Å². The summed E-state index contributed by atoms with van der Waals surface area (Å²) in [5, 5.41) is 11.7. The van der Waals surface area contributed by atoms with Crippen molar-refractivity contribution >= 4 is 69.5 Å². The van der Waals surface area contributed by atoms with E-state index in [-0.39, 0.29) is 16.4 Å². The van der Waals surface area contributed by atoms with Gasteiger partial charge in [-0.2, -0.15) is 0 Å². The Hall–Kier alpha value is -0.450. The molecule has 2 N–H and O–H groups in total. The summed E-state index contributed by atoms with van der Waals surface area (Å²) in [6.07, 6.45) is 0.574. The number of carboxylic acids is 1. The lowest BCUT2D eigenvalue weighted by Gasteiger charge is -2.20. The number of hydrogen-bond acceptors (Lipinski definition) is 4. The van der Waals surface area contributed by atoms with Crippen molar-refractivity contribution in [3.05, 3.63) is 29.8 Å². The molecule has 0 aliphatic carbocycles. The second kappa shape index (κ2) is 8.29. The maximum Gasteiger partial charge on any atom is 0.326 e. The van der Waals surface area contributed by atoms with Gasteiger partial charge < -0.3 is 10.4 Å². The highest BCUT2D eigenvalue weighted by Crippen LogP contribution is 2.43. The SMILES string of the molecule is CCC(C)C(NC(=O)c1cccc(S(=O)(=O)C(Br)(Br)Br)c1)C(=O)O. The van der Waals surface area contributed by atoms with Gasteiger partial charge in [0.25, 0.3) is 5.91 Å². The van der Waals surface area contributed by atoms with Crippen LogP contribution in [0.25, 0.3) is 0 Å². The summed E-state index contributed by atoms with van der Waals surface area (Å²) in [6.45, 7) is 3.54. The summed E-state index contributed by atoms with van der Waals surface area (Å²) in [5.41, 5.74) is 0.0578. The molecule has 0 saturated carbocycles. The maximum atomic E-state index is 12.3. The topological polar surface area (TPSA) is 101 Å². The molecule has 10 heteroatoms. The number of carbonyl (C=O) groups is 2. The zero-order valence-electron chi connectivity index (χ0n) is 12.8. The molecule has 24 heavy (non-hydrogen) atoms. The molecule has 134 valence electrons. The molecule has 0 aliphatic heterocycles. The Kier molecular flexibility index (Phi) is 7.46. The lowest BCUT2D eigenvalue weighted by atomic mass is 9.99. The van der Waals surface area contributed by atoms with Crippen molar-refractivity contribution in [2.45, 2.75) is 32.7 Å². The molecule has 1 aromatic rings. The summed E-state index contributed by atoms with van der Waals surface area (Å²) >= 11 is 8.86. The monoisotopic (exact) mass is 547 g/mol. The number of carbonyl (C=O) groups excluding carboxylic acids is 1. The van der Waals surface area contributed by atoms with Crippen LogP contribution in [-0.4, -0.2) is 32.9 Å².